The summed E-state index contributed by atoms with van der Waals surface area (Å²) < 4.78 is 42.6. The first-order valence-electron chi connectivity index (χ1n) is 15.9. The van der Waals surface area contributed by atoms with Crippen LogP contribution >= 0.6 is 0 Å². The SMILES string of the molecule is O=C(NS(=O)(=O)N1CCOCC1)c1ccc2c(C3CCCCC3)c3n(c2c1)CC(C(=O)N1CCOCC1)Cc1ccccc1-3. The van der Waals surface area contributed by atoms with Crippen LogP contribution in [-0.4, -0.2) is 86.6 Å². The standard InChI is InChI=1S/C33H40N4O6S/c38-32(34-44(40,41)36-14-18-43-19-15-36)25-10-11-28-29(21-25)37-22-26(33(39)35-12-16-42-17-13-35)20-24-8-4-5-9-27(24)31(37)30(28)23-6-2-1-3-7-23/h4-5,8-11,21,23,26H,1-3,6-7,12-20,22H2,(H,34,38). The molecule has 10 nitrogen and oxygen atoms in total. The van der Waals surface area contributed by atoms with Gasteiger partial charge in [0, 0.05) is 54.8 Å². The van der Waals surface area contributed by atoms with Crippen LogP contribution in [0.3, 0.4) is 0 Å². The van der Waals surface area contributed by atoms with Gasteiger partial charge in [0.05, 0.1) is 38.0 Å². The van der Waals surface area contributed by atoms with Gasteiger partial charge in [0.25, 0.3) is 5.91 Å². The van der Waals surface area contributed by atoms with Gasteiger partial charge < -0.3 is 18.9 Å². The van der Waals surface area contributed by atoms with Gasteiger partial charge in [-0.1, -0.05) is 49.6 Å². The monoisotopic (exact) mass is 620 g/mol. The van der Waals surface area contributed by atoms with Crippen molar-refractivity contribution in [2.75, 3.05) is 52.6 Å². The van der Waals surface area contributed by atoms with Gasteiger partial charge in [-0.25, -0.2) is 4.72 Å². The molecule has 3 aliphatic heterocycles. The van der Waals surface area contributed by atoms with E-state index in [9.17, 15) is 18.0 Å². The van der Waals surface area contributed by atoms with Crippen LogP contribution in [0.2, 0.25) is 0 Å². The van der Waals surface area contributed by atoms with Crippen molar-refractivity contribution >= 4 is 32.9 Å². The Hall–Kier alpha value is -3.25. The molecule has 1 N–H and O–H groups in total. The predicted octanol–water partition coefficient (Wildman–Crippen LogP) is 3.69. The van der Waals surface area contributed by atoms with E-state index in [1.54, 1.807) is 6.07 Å². The normalized spacial score (nSPS) is 21.8. The fraction of sp³-hybridized carbons (Fsp3) is 0.515. The lowest BCUT2D eigenvalue weighted by Gasteiger charge is -2.30. The molecular weight excluding hydrogens is 580 g/mol. The number of hydrogen-bond donors (Lipinski definition) is 1. The Balaban J connectivity index is 1.34. The van der Waals surface area contributed by atoms with Crippen molar-refractivity contribution in [3.05, 3.63) is 59.2 Å². The third kappa shape index (κ3) is 5.55. The van der Waals surface area contributed by atoms with E-state index in [2.05, 4.69) is 27.5 Å². The number of carbonyl (C=O) groups excluding carboxylic acids is 2. The molecule has 44 heavy (non-hydrogen) atoms. The number of fused-ring (bicyclic) bond motifs is 5. The van der Waals surface area contributed by atoms with Gasteiger partial charge >= 0.3 is 10.2 Å². The number of benzene rings is 2. The molecular formula is C33H40N4O6S. The molecule has 3 aromatic rings. The van der Waals surface area contributed by atoms with Gasteiger partial charge in [0.1, 0.15) is 0 Å². The second kappa shape index (κ2) is 12.3. The van der Waals surface area contributed by atoms with Gasteiger partial charge in [-0.2, -0.15) is 12.7 Å². The van der Waals surface area contributed by atoms with Crippen LogP contribution in [0.25, 0.3) is 22.2 Å². The summed E-state index contributed by atoms with van der Waals surface area (Å²) in [4.78, 5) is 29.3. The zero-order valence-corrected chi connectivity index (χ0v) is 25.8. The minimum Gasteiger partial charge on any atom is -0.379 e. The Morgan fingerprint density at radius 2 is 1.57 bits per heavy atom. The maximum atomic E-state index is 14.0. The highest BCUT2D eigenvalue weighted by Gasteiger charge is 2.35. The largest absolute Gasteiger partial charge is 0.379 e. The Bertz CT molecular complexity index is 1670. The number of amides is 2. The molecule has 11 heteroatoms. The van der Waals surface area contributed by atoms with E-state index < -0.39 is 16.1 Å². The highest BCUT2D eigenvalue weighted by molar-refractivity contribution is 7.87. The molecule has 234 valence electrons. The van der Waals surface area contributed by atoms with Gasteiger partial charge in [-0.15, -0.1) is 0 Å². The Morgan fingerprint density at radius 3 is 2.32 bits per heavy atom. The number of nitrogens with zero attached hydrogens (tertiary/aromatic N) is 3. The molecule has 1 aliphatic carbocycles. The topological polar surface area (TPSA) is 110 Å². The Labute approximate surface area is 258 Å². The lowest BCUT2D eigenvalue weighted by atomic mass is 9.81. The number of ether oxygens (including phenoxy) is 2. The maximum absolute atomic E-state index is 14.0. The molecule has 1 atom stereocenters. The summed E-state index contributed by atoms with van der Waals surface area (Å²) in [5.74, 6) is -0.432. The van der Waals surface area contributed by atoms with E-state index in [1.807, 2.05) is 23.1 Å². The molecule has 1 unspecified atom stereocenters. The average Bonchev–Trinajstić information content (AvgIpc) is 3.27. The molecule has 0 spiro atoms. The van der Waals surface area contributed by atoms with Gasteiger partial charge in [-0.3, -0.25) is 9.59 Å². The molecule has 1 saturated carbocycles. The smallest absolute Gasteiger partial charge is 0.304 e. The summed E-state index contributed by atoms with van der Waals surface area (Å²) in [6, 6.07) is 14.0. The molecule has 1 aromatic heterocycles. The van der Waals surface area contributed by atoms with Crippen LogP contribution in [0.15, 0.2) is 42.5 Å². The summed E-state index contributed by atoms with van der Waals surface area (Å²) in [6.07, 6.45) is 6.43. The molecule has 0 bridgehead atoms. The molecule has 2 amide bonds. The van der Waals surface area contributed by atoms with Gasteiger partial charge in [0.15, 0.2) is 0 Å². The van der Waals surface area contributed by atoms with Crippen LogP contribution < -0.4 is 4.72 Å². The van der Waals surface area contributed by atoms with Crippen LogP contribution in [0.4, 0.5) is 0 Å². The zero-order valence-electron chi connectivity index (χ0n) is 25.0. The summed E-state index contributed by atoms with van der Waals surface area (Å²) in [7, 11) is -4.00. The third-order valence-electron chi connectivity index (χ3n) is 9.72. The molecule has 2 aromatic carbocycles. The fourth-order valence-electron chi connectivity index (χ4n) is 7.52. The van der Waals surface area contributed by atoms with Gasteiger partial charge in [0.2, 0.25) is 5.91 Å². The first-order chi connectivity index (χ1) is 21.4. The Morgan fingerprint density at radius 1 is 0.864 bits per heavy atom. The summed E-state index contributed by atoms with van der Waals surface area (Å²) in [5.41, 5.74) is 5.87. The van der Waals surface area contributed by atoms with Crippen molar-refractivity contribution in [3.8, 4) is 11.3 Å². The number of hydrogen-bond acceptors (Lipinski definition) is 6. The number of nitrogens with one attached hydrogen (secondary N) is 1. The molecule has 7 rings (SSSR count). The van der Waals surface area contributed by atoms with Crippen molar-refractivity contribution < 1.29 is 27.5 Å². The Kier molecular flexibility index (Phi) is 8.21. The van der Waals surface area contributed by atoms with E-state index >= 15 is 0 Å². The lowest BCUT2D eigenvalue weighted by molar-refractivity contribution is -0.140. The summed E-state index contributed by atoms with van der Waals surface area (Å²) >= 11 is 0. The van der Waals surface area contributed by atoms with Crippen molar-refractivity contribution in [3.63, 3.8) is 0 Å². The van der Waals surface area contributed by atoms with Crippen molar-refractivity contribution in [2.45, 2.75) is 51.0 Å². The molecule has 3 fully saturated rings. The first-order valence-corrected chi connectivity index (χ1v) is 17.4. The second-order valence-corrected chi connectivity index (χ2v) is 14.1. The van der Waals surface area contributed by atoms with Crippen LogP contribution in [0, 0.1) is 5.92 Å². The summed E-state index contributed by atoms with van der Waals surface area (Å²) in [6.45, 7) is 3.76. The molecule has 4 aliphatic rings. The highest BCUT2D eigenvalue weighted by Crippen LogP contribution is 2.46. The maximum Gasteiger partial charge on any atom is 0.304 e. The third-order valence-corrected chi connectivity index (χ3v) is 11.2. The predicted molar refractivity (Wildman–Crippen MR) is 167 cm³/mol. The fourth-order valence-corrected chi connectivity index (χ4v) is 8.63. The molecule has 2 saturated heterocycles. The molecule has 0 radical (unpaired) electrons. The van der Waals surface area contributed by atoms with Crippen LogP contribution in [0.5, 0.6) is 0 Å². The summed E-state index contributed by atoms with van der Waals surface area (Å²) in [5, 5.41) is 1.08. The molecule has 4 heterocycles. The minimum absolute atomic E-state index is 0.127. The number of aromatic nitrogens is 1. The van der Waals surface area contributed by atoms with E-state index in [0.29, 0.717) is 58.4 Å². The van der Waals surface area contributed by atoms with Crippen molar-refractivity contribution in [1.82, 2.24) is 18.5 Å². The van der Waals surface area contributed by atoms with E-state index in [1.165, 1.54) is 29.1 Å². The number of carbonyl (C=O) groups is 2. The van der Waals surface area contributed by atoms with Gasteiger partial charge in [-0.05, 0) is 48.4 Å². The van der Waals surface area contributed by atoms with E-state index in [0.717, 1.165) is 40.6 Å². The zero-order chi connectivity index (χ0) is 30.3. The first kappa shape index (κ1) is 29.5. The highest BCUT2D eigenvalue weighted by atomic mass is 32.2. The van der Waals surface area contributed by atoms with Crippen molar-refractivity contribution in [1.29, 1.82) is 0 Å². The van der Waals surface area contributed by atoms with Crippen LogP contribution in [0.1, 0.15) is 59.5 Å². The quantitative estimate of drug-likeness (QED) is 0.466. The number of rotatable bonds is 5. The lowest BCUT2D eigenvalue weighted by Crippen LogP contribution is -2.48. The minimum atomic E-state index is -4.00. The van der Waals surface area contributed by atoms with Crippen LogP contribution in [-0.2, 0) is 37.4 Å². The average molecular weight is 621 g/mol. The van der Waals surface area contributed by atoms with E-state index in [-0.39, 0.29) is 30.5 Å². The van der Waals surface area contributed by atoms with E-state index in [4.69, 9.17) is 9.47 Å². The second-order valence-electron chi connectivity index (χ2n) is 12.4. The van der Waals surface area contributed by atoms with Crippen molar-refractivity contribution in [2.24, 2.45) is 5.92 Å². The number of morpholine rings is 2.